The van der Waals surface area contributed by atoms with Crippen molar-refractivity contribution in [1.29, 1.82) is 0 Å². The van der Waals surface area contributed by atoms with Crippen LogP contribution in [0.2, 0.25) is 0 Å². The molecule has 1 aliphatic heterocycles. The largest absolute Gasteiger partial charge is 0.379 e. The molecule has 0 spiro atoms. The first-order valence-corrected chi connectivity index (χ1v) is 8.73. The van der Waals surface area contributed by atoms with Gasteiger partial charge in [0.15, 0.2) is 0 Å². The number of aromatic amines is 1. The number of hydrogen-bond acceptors (Lipinski definition) is 5. The molecule has 4 rings (SSSR count). The zero-order chi connectivity index (χ0) is 15.1. The maximum atomic E-state index is 12.4. The van der Waals surface area contributed by atoms with Crippen LogP contribution < -0.4 is 5.56 Å². The maximum absolute atomic E-state index is 12.4. The molecule has 2 aromatic heterocycles. The van der Waals surface area contributed by atoms with Gasteiger partial charge >= 0.3 is 0 Å². The number of thiophene rings is 1. The lowest BCUT2D eigenvalue weighted by Gasteiger charge is -2.25. The lowest BCUT2D eigenvalue weighted by Crippen LogP contribution is -2.36. The maximum Gasteiger partial charge on any atom is 0.268 e. The van der Waals surface area contributed by atoms with Gasteiger partial charge in [-0.05, 0) is 18.2 Å². The Bertz CT molecular complexity index is 899. The molecule has 0 radical (unpaired) electrons. The number of rotatable bonds is 2. The smallest absolute Gasteiger partial charge is 0.268 e. The van der Waals surface area contributed by atoms with Gasteiger partial charge in [0.2, 0.25) is 0 Å². The molecule has 114 valence electrons. The topological polar surface area (TPSA) is 58.2 Å². The first-order chi connectivity index (χ1) is 10.7. The second-order valence-corrected chi connectivity index (χ2v) is 7.29. The molecule has 5 nitrogen and oxygen atoms in total. The van der Waals surface area contributed by atoms with Crippen molar-refractivity contribution in [1.82, 2.24) is 14.9 Å². The minimum atomic E-state index is -0.0504. The third kappa shape index (κ3) is 2.58. The van der Waals surface area contributed by atoms with Crippen molar-refractivity contribution in [2.75, 3.05) is 26.3 Å². The molecule has 0 atom stereocenters. The number of nitrogens with zero attached hydrogens (tertiary/aromatic N) is 2. The summed E-state index contributed by atoms with van der Waals surface area (Å²) in [7, 11) is 0. The van der Waals surface area contributed by atoms with E-state index >= 15 is 0 Å². The van der Waals surface area contributed by atoms with E-state index < -0.39 is 0 Å². The molecule has 7 heteroatoms. The second kappa shape index (κ2) is 5.73. The van der Waals surface area contributed by atoms with Crippen LogP contribution in [0.3, 0.4) is 0 Å². The molecule has 0 aliphatic carbocycles. The van der Waals surface area contributed by atoms with Crippen LogP contribution in [0.1, 0.15) is 5.82 Å². The minimum Gasteiger partial charge on any atom is -0.379 e. The van der Waals surface area contributed by atoms with E-state index in [4.69, 9.17) is 9.72 Å². The van der Waals surface area contributed by atoms with Gasteiger partial charge in [0, 0.05) is 27.6 Å². The van der Waals surface area contributed by atoms with Gasteiger partial charge in [0.1, 0.15) is 10.5 Å². The van der Waals surface area contributed by atoms with Crippen LogP contribution in [0.5, 0.6) is 0 Å². The van der Waals surface area contributed by atoms with Crippen LogP contribution in [0.25, 0.3) is 20.3 Å². The molecule has 1 fully saturated rings. The number of hydrogen-bond donors (Lipinski definition) is 1. The molecular weight excluding hydrogens is 366 g/mol. The Balaban J connectivity index is 1.81. The highest BCUT2D eigenvalue weighted by Crippen LogP contribution is 2.32. The fourth-order valence-electron chi connectivity index (χ4n) is 2.72. The van der Waals surface area contributed by atoms with E-state index in [1.165, 1.54) is 11.3 Å². The number of H-pyrrole nitrogens is 1. The Morgan fingerprint density at radius 3 is 3.00 bits per heavy atom. The summed E-state index contributed by atoms with van der Waals surface area (Å²) in [6.45, 7) is 3.87. The van der Waals surface area contributed by atoms with E-state index in [1.807, 2.05) is 18.2 Å². The Kier molecular flexibility index (Phi) is 3.73. The number of aromatic nitrogens is 2. The molecule has 0 amide bonds. The molecule has 22 heavy (non-hydrogen) atoms. The zero-order valence-corrected chi connectivity index (χ0v) is 14.2. The average molecular weight is 380 g/mol. The van der Waals surface area contributed by atoms with Gasteiger partial charge in [-0.1, -0.05) is 15.9 Å². The van der Waals surface area contributed by atoms with Crippen molar-refractivity contribution in [3.63, 3.8) is 0 Å². The lowest BCUT2D eigenvalue weighted by atomic mass is 10.2. The summed E-state index contributed by atoms with van der Waals surface area (Å²) in [6.07, 6.45) is 0. The second-order valence-electron chi connectivity index (χ2n) is 5.32. The normalized spacial score (nSPS) is 16.6. The zero-order valence-electron chi connectivity index (χ0n) is 11.8. The summed E-state index contributed by atoms with van der Waals surface area (Å²) in [4.78, 5) is 22.2. The van der Waals surface area contributed by atoms with Gasteiger partial charge < -0.3 is 9.72 Å². The third-order valence-electron chi connectivity index (χ3n) is 3.81. The van der Waals surface area contributed by atoms with Crippen LogP contribution in [0.4, 0.5) is 0 Å². The third-order valence-corrected chi connectivity index (χ3v) is 5.46. The van der Waals surface area contributed by atoms with Crippen LogP contribution in [0.15, 0.2) is 27.5 Å². The van der Waals surface area contributed by atoms with E-state index in [2.05, 4.69) is 25.8 Å². The fourth-order valence-corrected chi connectivity index (χ4v) is 4.10. The van der Waals surface area contributed by atoms with Crippen molar-refractivity contribution < 1.29 is 4.74 Å². The summed E-state index contributed by atoms with van der Waals surface area (Å²) in [5.41, 5.74) is 0.749. The summed E-state index contributed by atoms with van der Waals surface area (Å²) in [5, 5.41) is 1.03. The van der Waals surface area contributed by atoms with Crippen LogP contribution in [-0.4, -0.2) is 41.2 Å². The number of ether oxygens (including phenoxy) is 1. The van der Waals surface area contributed by atoms with Crippen LogP contribution in [-0.2, 0) is 11.3 Å². The molecular formula is C15H14BrN3O2S. The van der Waals surface area contributed by atoms with Crippen LogP contribution in [0, 0.1) is 0 Å². The van der Waals surface area contributed by atoms with E-state index in [0.29, 0.717) is 11.2 Å². The molecule has 3 heterocycles. The van der Waals surface area contributed by atoms with Gasteiger partial charge in [0.25, 0.3) is 5.56 Å². The van der Waals surface area contributed by atoms with Crippen molar-refractivity contribution >= 4 is 47.6 Å². The summed E-state index contributed by atoms with van der Waals surface area (Å²) in [5.74, 6) is 0.721. The van der Waals surface area contributed by atoms with Gasteiger partial charge in [-0.2, -0.15) is 0 Å². The number of fused-ring (bicyclic) bond motifs is 3. The van der Waals surface area contributed by atoms with E-state index in [1.54, 1.807) is 0 Å². The average Bonchev–Trinajstić information content (AvgIpc) is 2.87. The van der Waals surface area contributed by atoms with Crippen molar-refractivity contribution in [2.45, 2.75) is 6.54 Å². The molecule has 3 aromatic rings. The Morgan fingerprint density at radius 2 is 2.18 bits per heavy atom. The Hall–Kier alpha value is -1.28. The summed E-state index contributed by atoms with van der Waals surface area (Å²) in [6, 6.07) is 6.03. The highest BCUT2D eigenvalue weighted by molar-refractivity contribution is 9.10. The van der Waals surface area contributed by atoms with Gasteiger partial charge in [-0.25, -0.2) is 4.98 Å². The van der Waals surface area contributed by atoms with E-state index in [-0.39, 0.29) is 5.56 Å². The van der Waals surface area contributed by atoms with E-state index in [9.17, 15) is 4.79 Å². The number of benzene rings is 1. The van der Waals surface area contributed by atoms with Gasteiger partial charge in [0.05, 0.1) is 25.3 Å². The van der Waals surface area contributed by atoms with Crippen molar-refractivity contribution in [3.8, 4) is 0 Å². The predicted molar refractivity (Wildman–Crippen MR) is 91.5 cm³/mol. The Morgan fingerprint density at radius 1 is 1.36 bits per heavy atom. The van der Waals surface area contributed by atoms with Gasteiger partial charge in [-0.3, -0.25) is 9.69 Å². The summed E-state index contributed by atoms with van der Waals surface area (Å²) >= 11 is 4.98. The molecule has 1 N–H and O–H groups in total. The van der Waals surface area contributed by atoms with E-state index in [0.717, 1.165) is 52.2 Å². The monoisotopic (exact) mass is 379 g/mol. The standard InChI is InChI=1S/C15H14BrN3O2S/c16-9-1-2-11-10(7-9)13-14(22-11)15(20)18-12(17-13)8-19-3-5-21-6-4-19/h1-2,7H,3-6,8H2,(H,17,18,20). The molecule has 0 bridgehead atoms. The fraction of sp³-hybridized carbons (Fsp3) is 0.333. The highest BCUT2D eigenvalue weighted by Gasteiger charge is 2.15. The first kappa shape index (κ1) is 14.3. The molecule has 1 aliphatic rings. The molecule has 0 unspecified atom stereocenters. The quantitative estimate of drug-likeness (QED) is 0.743. The minimum absolute atomic E-state index is 0.0504. The van der Waals surface area contributed by atoms with Gasteiger partial charge in [-0.15, -0.1) is 11.3 Å². The molecule has 1 aromatic carbocycles. The van der Waals surface area contributed by atoms with Crippen molar-refractivity contribution in [2.24, 2.45) is 0 Å². The summed E-state index contributed by atoms with van der Waals surface area (Å²) < 4.78 is 8.13. The highest BCUT2D eigenvalue weighted by atomic mass is 79.9. The Labute approximate surface area is 139 Å². The molecule has 1 saturated heterocycles. The number of halogens is 1. The van der Waals surface area contributed by atoms with Crippen molar-refractivity contribution in [3.05, 3.63) is 38.9 Å². The SMILES string of the molecule is O=c1[nH]c(CN2CCOCC2)nc2c1sc1ccc(Br)cc12. The predicted octanol–water partition coefficient (Wildman–Crippen LogP) is 2.73. The lowest BCUT2D eigenvalue weighted by molar-refractivity contribution is 0.0331. The first-order valence-electron chi connectivity index (χ1n) is 7.12. The number of nitrogens with one attached hydrogen (secondary N) is 1. The number of morpholine rings is 1. The van der Waals surface area contributed by atoms with Crippen LogP contribution >= 0.6 is 27.3 Å². The molecule has 0 saturated carbocycles.